The second-order valence-electron chi connectivity index (χ2n) is 8.98. The number of nitrogens with one attached hydrogen (secondary N) is 1. The molecule has 7 nitrogen and oxygen atoms in total. The van der Waals surface area contributed by atoms with Crippen LogP contribution < -0.4 is 4.72 Å². The van der Waals surface area contributed by atoms with Crippen LogP contribution in [0.1, 0.15) is 31.4 Å². The van der Waals surface area contributed by atoms with E-state index in [4.69, 9.17) is 11.6 Å². The van der Waals surface area contributed by atoms with Crippen molar-refractivity contribution in [2.45, 2.75) is 42.2 Å². The maximum Gasteiger partial charge on any atom is 0.416 e. The van der Waals surface area contributed by atoms with Crippen LogP contribution in [0.5, 0.6) is 0 Å². The van der Waals surface area contributed by atoms with Gasteiger partial charge in [-0.3, -0.25) is 4.57 Å². The molecule has 3 aromatic rings. The predicted octanol–water partition coefficient (Wildman–Crippen LogP) is 5.50. The van der Waals surface area contributed by atoms with Crippen LogP contribution in [0.25, 0.3) is 11.1 Å². The van der Waals surface area contributed by atoms with E-state index in [-0.39, 0.29) is 10.5 Å². The maximum absolute atomic E-state index is 13.3. The highest BCUT2D eigenvalue weighted by Crippen LogP contribution is 2.53. The lowest BCUT2D eigenvalue weighted by molar-refractivity contribution is -0.137. The van der Waals surface area contributed by atoms with Crippen molar-refractivity contribution in [3.63, 3.8) is 0 Å². The van der Waals surface area contributed by atoms with Gasteiger partial charge in [0, 0.05) is 11.4 Å². The summed E-state index contributed by atoms with van der Waals surface area (Å²) in [5, 5.41) is 8.32. The minimum absolute atomic E-state index is 0.0458. The van der Waals surface area contributed by atoms with E-state index in [2.05, 4.69) is 4.72 Å². The van der Waals surface area contributed by atoms with Crippen molar-refractivity contribution in [2.75, 3.05) is 0 Å². The van der Waals surface area contributed by atoms with Crippen molar-refractivity contribution in [1.29, 1.82) is 0 Å². The molecule has 4 N–H and O–H groups in total. The summed E-state index contributed by atoms with van der Waals surface area (Å²) in [7, 11) is -9.56. The molecule has 0 aliphatic heterocycles. The molecule has 0 amide bonds. The Bertz CT molecular complexity index is 1410. The molecule has 0 bridgehead atoms. The fourth-order valence-electron chi connectivity index (χ4n) is 3.82. The van der Waals surface area contributed by atoms with Crippen LogP contribution in [0.4, 0.5) is 13.2 Å². The summed E-state index contributed by atoms with van der Waals surface area (Å²) in [5.41, 5.74) is -1.50. The van der Waals surface area contributed by atoms with Crippen molar-refractivity contribution in [1.82, 2.24) is 4.72 Å². The lowest BCUT2D eigenvalue weighted by Crippen LogP contribution is -2.48. The largest absolute Gasteiger partial charge is 0.416 e. The van der Waals surface area contributed by atoms with Gasteiger partial charge in [-0.05, 0) is 66.9 Å². The highest BCUT2D eigenvalue weighted by atomic mass is 35.5. The molecular weight excluding hydrogens is 554 g/mol. The molecular formula is C24H24ClF3NO6PS. The third-order valence-electron chi connectivity index (χ3n) is 5.87. The first-order valence-electron chi connectivity index (χ1n) is 10.7. The number of alkyl halides is 3. The van der Waals surface area contributed by atoms with Crippen molar-refractivity contribution in [2.24, 2.45) is 0 Å². The maximum atomic E-state index is 13.3. The molecule has 200 valence electrons. The fourth-order valence-corrected chi connectivity index (χ4v) is 5.86. The molecule has 0 radical (unpaired) electrons. The van der Waals surface area contributed by atoms with Gasteiger partial charge < -0.3 is 14.9 Å². The van der Waals surface area contributed by atoms with Gasteiger partial charge in [0.15, 0.2) is 5.34 Å². The smallest absolute Gasteiger partial charge is 0.377 e. The van der Waals surface area contributed by atoms with Crippen LogP contribution in [-0.4, -0.2) is 28.7 Å². The first-order chi connectivity index (χ1) is 16.8. The molecule has 0 saturated heterocycles. The minimum atomic E-state index is -5.17. The third-order valence-corrected chi connectivity index (χ3v) is 9.14. The number of sulfonamides is 1. The SMILES string of the molecule is CC(CC(C)(O)P(=O)(O)O)(NS(=O)(=O)c1ccc(-c2ccc(Cl)cc2)cc1)c1ccc(C(F)(F)F)cc1. The van der Waals surface area contributed by atoms with Crippen LogP contribution in [0.15, 0.2) is 77.7 Å². The minimum Gasteiger partial charge on any atom is -0.377 e. The Balaban J connectivity index is 2.01. The van der Waals surface area contributed by atoms with E-state index in [1.807, 2.05) is 0 Å². The monoisotopic (exact) mass is 577 g/mol. The van der Waals surface area contributed by atoms with E-state index in [9.17, 15) is 41.0 Å². The van der Waals surface area contributed by atoms with Crippen molar-refractivity contribution in [3.05, 3.63) is 88.9 Å². The van der Waals surface area contributed by atoms with E-state index in [0.717, 1.165) is 36.8 Å². The van der Waals surface area contributed by atoms with E-state index in [1.165, 1.54) is 19.1 Å². The Morgan fingerprint density at radius 3 is 1.70 bits per heavy atom. The van der Waals surface area contributed by atoms with Gasteiger partial charge in [0.25, 0.3) is 0 Å². The molecule has 0 saturated carbocycles. The highest BCUT2D eigenvalue weighted by molar-refractivity contribution is 7.89. The summed E-state index contributed by atoms with van der Waals surface area (Å²) in [6.07, 6.45) is -5.50. The topological polar surface area (TPSA) is 124 Å². The number of aliphatic hydroxyl groups is 1. The van der Waals surface area contributed by atoms with Crippen molar-refractivity contribution >= 4 is 29.2 Å². The number of hydrogen-bond acceptors (Lipinski definition) is 4. The van der Waals surface area contributed by atoms with Gasteiger partial charge in [0.1, 0.15) is 0 Å². The second-order valence-corrected chi connectivity index (χ2v) is 13.2. The second kappa shape index (κ2) is 10.1. The molecule has 2 unspecified atom stereocenters. The summed E-state index contributed by atoms with van der Waals surface area (Å²) in [6, 6.07) is 15.9. The summed E-state index contributed by atoms with van der Waals surface area (Å²) in [5.74, 6) is 0. The van der Waals surface area contributed by atoms with Gasteiger partial charge in [-0.15, -0.1) is 0 Å². The molecule has 3 aromatic carbocycles. The lowest BCUT2D eigenvalue weighted by atomic mass is 9.87. The molecule has 0 heterocycles. The van der Waals surface area contributed by atoms with Gasteiger partial charge >= 0.3 is 13.8 Å². The highest BCUT2D eigenvalue weighted by Gasteiger charge is 2.48. The Hall–Kier alpha value is -2.24. The van der Waals surface area contributed by atoms with Crippen LogP contribution >= 0.6 is 19.2 Å². The van der Waals surface area contributed by atoms with E-state index >= 15 is 0 Å². The summed E-state index contributed by atoms with van der Waals surface area (Å²) in [4.78, 5) is 19.0. The zero-order valence-corrected chi connectivity index (χ0v) is 22.0. The predicted molar refractivity (Wildman–Crippen MR) is 133 cm³/mol. The molecule has 0 fully saturated rings. The Kier molecular flexibility index (Phi) is 8.04. The molecule has 37 heavy (non-hydrogen) atoms. The summed E-state index contributed by atoms with van der Waals surface area (Å²) < 4.78 is 79.9. The molecule has 0 aromatic heterocycles. The van der Waals surface area contributed by atoms with Gasteiger partial charge in [-0.25, -0.2) is 13.1 Å². The summed E-state index contributed by atoms with van der Waals surface area (Å²) >= 11 is 5.89. The molecule has 0 spiro atoms. The van der Waals surface area contributed by atoms with E-state index in [0.29, 0.717) is 10.6 Å². The molecule has 0 aliphatic carbocycles. The molecule has 2 atom stereocenters. The van der Waals surface area contributed by atoms with Crippen molar-refractivity contribution < 1.29 is 41.0 Å². The number of benzene rings is 3. The van der Waals surface area contributed by atoms with Crippen LogP contribution in [0.2, 0.25) is 5.02 Å². The lowest BCUT2D eigenvalue weighted by Gasteiger charge is -2.37. The Morgan fingerprint density at radius 2 is 1.27 bits per heavy atom. The Morgan fingerprint density at radius 1 is 0.838 bits per heavy atom. The van der Waals surface area contributed by atoms with Gasteiger partial charge in [0.05, 0.1) is 16.0 Å². The standard InChI is InChI=1S/C24H24ClF3NO6PS/c1-22(15-23(2,30)36(31,32)33,18-7-9-19(10-8-18)24(26,27)28)29-37(34,35)21-13-5-17(6-14-21)16-3-11-20(25)12-4-16/h3-14,29-30H,15H2,1-2H3,(H2,31,32,33). The number of rotatable bonds is 8. The normalized spacial score (nSPS) is 16.1. The molecule has 13 heteroatoms. The van der Waals surface area contributed by atoms with E-state index in [1.54, 1.807) is 36.4 Å². The fraction of sp³-hybridized carbons (Fsp3) is 0.250. The van der Waals surface area contributed by atoms with Crippen LogP contribution in [0, 0.1) is 0 Å². The molecule has 0 aliphatic rings. The zero-order chi connectivity index (χ0) is 27.9. The van der Waals surface area contributed by atoms with Gasteiger partial charge in [-0.1, -0.05) is 48.0 Å². The van der Waals surface area contributed by atoms with Crippen LogP contribution in [-0.2, 0) is 26.3 Å². The number of hydrogen-bond donors (Lipinski definition) is 4. The van der Waals surface area contributed by atoms with Crippen LogP contribution in [0.3, 0.4) is 0 Å². The first-order valence-corrected chi connectivity index (χ1v) is 14.2. The third kappa shape index (κ3) is 6.80. The average molecular weight is 578 g/mol. The quantitative estimate of drug-likeness (QED) is 0.262. The molecule has 3 rings (SSSR count). The van der Waals surface area contributed by atoms with Gasteiger partial charge in [-0.2, -0.15) is 13.2 Å². The summed E-state index contributed by atoms with van der Waals surface area (Å²) in [6.45, 7) is 2.05. The number of halogens is 4. The van der Waals surface area contributed by atoms with E-state index < -0.39 is 46.7 Å². The average Bonchev–Trinajstić information content (AvgIpc) is 2.78. The van der Waals surface area contributed by atoms with Crippen molar-refractivity contribution in [3.8, 4) is 11.1 Å². The van der Waals surface area contributed by atoms with Gasteiger partial charge in [0.2, 0.25) is 10.0 Å². The zero-order valence-electron chi connectivity index (χ0n) is 19.6. The Labute approximate surface area is 217 Å². The first kappa shape index (κ1) is 29.3.